The molecule has 2 aromatic carbocycles. The molecule has 5 heteroatoms. The Morgan fingerprint density at radius 1 is 1.04 bits per heavy atom. The summed E-state index contributed by atoms with van der Waals surface area (Å²) >= 11 is 0. The average Bonchev–Trinajstić information content (AvgIpc) is 3.00. The van der Waals surface area contributed by atoms with Gasteiger partial charge in [-0.3, -0.25) is 9.59 Å². The first-order valence-corrected chi connectivity index (χ1v) is 9.23. The van der Waals surface area contributed by atoms with Crippen molar-refractivity contribution in [2.75, 3.05) is 6.54 Å². The largest absolute Gasteiger partial charge is 0.354 e. The summed E-state index contributed by atoms with van der Waals surface area (Å²) in [6, 6.07) is 17.8. The molecule has 3 rings (SSSR count). The minimum Gasteiger partial charge on any atom is -0.354 e. The molecule has 0 aliphatic rings. The second-order valence-corrected chi connectivity index (χ2v) is 6.76. The van der Waals surface area contributed by atoms with Crippen molar-refractivity contribution in [2.45, 2.75) is 26.8 Å². The van der Waals surface area contributed by atoms with E-state index in [1.165, 1.54) is 19.1 Å². The molecule has 0 aliphatic carbocycles. The molecular weight excluding hydrogens is 355 g/mol. The topological polar surface area (TPSA) is 51.1 Å². The summed E-state index contributed by atoms with van der Waals surface area (Å²) in [6.07, 6.45) is 0.751. The summed E-state index contributed by atoms with van der Waals surface area (Å²) in [5.41, 5.74) is 3.93. The molecule has 0 unspecified atom stereocenters. The van der Waals surface area contributed by atoms with Crippen LogP contribution < -0.4 is 5.32 Å². The van der Waals surface area contributed by atoms with E-state index in [2.05, 4.69) is 5.32 Å². The van der Waals surface area contributed by atoms with Gasteiger partial charge >= 0.3 is 0 Å². The predicted octanol–water partition coefficient (Wildman–Crippen LogP) is 4.16. The molecule has 0 aliphatic heterocycles. The molecule has 0 saturated heterocycles. The van der Waals surface area contributed by atoms with Crippen LogP contribution in [0.4, 0.5) is 4.39 Å². The summed E-state index contributed by atoms with van der Waals surface area (Å²) in [5, 5.41) is 2.93. The van der Waals surface area contributed by atoms with Crippen LogP contribution in [0.5, 0.6) is 0 Å². The van der Waals surface area contributed by atoms with Crippen LogP contribution in [0.2, 0.25) is 0 Å². The van der Waals surface area contributed by atoms with Crippen LogP contribution in [0.1, 0.15) is 28.5 Å². The van der Waals surface area contributed by atoms with Crippen LogP contribution in [0.3, 0.4) is 0 Å². The second kappa shape index (κ2) is 8.65. The lowest BCUT2D eigenvalue weighted by Crippen LogP contribution is -2.30. The van der Waals surface area contributed by atoms with Gasteiger partial charge in [0.2, 0.25) is 5.91 Å². The number of ketones is 1. The van der Waals surface area contributed by atoms with Crippen LogP contribution in [0.25, 0.3) is 11.3 Å². The Bertz CT molecular complexity index is 976. The van der Waals surface area contributed by atoms with E-state index in [0.29, 0.717) is 12.1 Å². The fourth-order valence-electron chi connectivity index (χ4n) is 3.26. The van der Waals surface area contributed by atoms with E-state index in [0.717, 1.165) is 28.9 Å². The monoisotopic (exact) mass is 378 g/mol. The predicted molar refractivity (Wildman–Crippen MR) is 108 cm³/mol. The van der Waals surface area contributed by atoms with E-state index in [4.69, 9.17) is 0 Å². The molecule has 1 N–H and O–H groups in total. The molecule has 1 aromatic heterocycles. The number of halogens is 1. The van der Waals surface area contributed by atoms with Gasteiger partial charge in [-0.1, -0.05) is 30.3 Å². The fourth-order valence-corrected chi connectivity index (χ4v) is 3.26. The van der Waals surface area contributed by atoms with Crippen LogP contribution in [-0.2, 0) is 17.8 Å². The quantitative estimate of drug-likeness (QED) is 0.628. The zero-order valence-electron chi connectivity index (χ0n) is 16.0. The minimum absolute atomic E-state index is 0.0657. The third-order valence-electron chi connectivity index (χ3n) is 4.77. The number of nitrogens with zero attached hydrogens (tertiary/aromatic N) is 1. The van der Waals surface area contributed by atoms with Gasteiger partial charge in [0.15, 0.2) is 5.78 Å². The lowest BCUT2D eigenvalue weighted by atomic mass is 10.1. The Morgan fingerprint density at radius 2 is 1.71 bits per heavy atom. The van der Waals surface area contributed by atoms with Gasteiger partial charge in [-0.2, -0.15) is 0 Å². The maximum atomic E-state index is 13.3. The maximum Gasteiger partial charge on any atom is 0.239 e. The molecule has 144 valence electrons. The van der Waals surface area contributed by atoms with Crippen molar-refractivity contribution in [3.05, 3.63) is 83.3 Å². The highest BCUT2D eigenvalue weighted by Gasteiger charge is 2.18. The van der Waals surface area contributed by atoms with Gasteiger partial charge in [0.25, 0.3) is 0 Å². The van der Waals surface area contributed by atoms with Crippen molar-refractivity contribution < 1.29 is 14.0 Å². The third-order valence-corrected chi connectivity index (χ3v) is 4.77. The smallest absolute Gasteiger partial charge is 0.239 e. The number of hydrogen-bond acceptors (Lipinski definition) is 2. The van der Waals surface area contributed by atoms with E-state index in [-0.39, 0.29) is 24.1 Å². The van der Waals surface area contributed by atoms with Crippen molar-refractivity contribution in [3.63, 3.8) is 0 Å². The average molecular weight is 378 g/mol. The van der Waals surface area contributed by atoms with Crippen LogP contribution in [-0.4, -0.2) is 22.8 Å². The zero-order valence-corrected chi connectivity index (χ0v) is 16.0. The molecule has 3 aromatic rings. The van der Waals surface area contributed by atoms with E-state index in [1.807, 2.05) is 41.8 Å². The number of Topliss-reactive ketones (excluding diaryl/α,β-unsaturated/α-hetero) is 1. The van der Waals surface area contributed by atoms with E-state index < -0.39 is 0 Å². The molecule has 0 spiro atoms. The second-order valence-electron chi connectivity index (χ2n) is 6.76. The van der Waals surface area contributed by atoms with Crippen molar-refractivity contribution in [3.8, 4) is 11.3 Å². The van der Waals surface area contributed by atoms with Crippen molar-refractivity contribution in [1.29, 1.82) is 0 Å². The zero-order chi connectivity index (χ0) is 20.1. The molecule has 0 bridgehead atoms. The molecule has 1 heterocycles. The van der Waals surface area contributed by atoms with Gasteiger partial charge in [0.05, 0.1) is 0 Å². The summed E-state index contributed by atoms with van der Waals surface area (Å²) in [6.45, 7) is 3.96. The van der Waals surface area contributed by atoms with Crippen molar-refractivity contribution in [2.24, 2.45) is 0 Å². The Balaban J connectivity index is 1.77. The first-order valence-electron chi connectivity index (χ1n) is 9.23. The highest BCUT2D eigenvalue weighted by atomic mass is 19.1. The molecule has 0 saturated carbocycles. The molecule has 1 amide bonds. The summed E-state index contributed by atoms with van der Waals surface area (Å²) in [4.78, 5) is 24.5. The van der Waals surface area contributed by atoms with E-state index >= 15 is 0 Å². The fraction of sp³-hybridized carbons (Fsp3) is 0.217. The lowest BCUT2D eigenvalue weighted by molar-refractivity contribution is -0.121. The standard InChI is InChI=1S/C23H23FN2O2/c1-16-21(17(2)27)14-22(19-8-10-20(24)11-9-19)26(16)15-23(28)25-13-12-18-6-4-3-5-7-18/h3-11,14H,12-13,15H2,1-2H3,(H,25,28). The molecule has 0 fully saturated rings. The van der Waals surface area contributed by atoms with Crippen molar-refractivity contribution >= 4 is 11.7 Å². The summed E-state index contributed by atoms with van der Waals surface area (Å²) in [5.74, 6) is -0.527. The molecule has 4 nitrogen and oxygen atoms in total. The Morgan fingerprint density at radius 3 is 2.36 bits per heavy atom. The number of nitrogens with one attached hydrogen (secondary N) is 1. The highest BCUT2D eigenvalue weighted by Crippen LogP contribution is 2.26. The Labute approximate surface area is 164 Å². The van der Waals surface area contributed by atoms with Crippen LogP contribution in [0, 0.1) is 12.7 Å². The summed E-state index contributed by atoms with van der Waals surface area (Å²) in [7, 11) is 0. The van der Waals surface area contributed by atoms with Gasteiger partial charge in [-0.05, 0) is 61.7 Å². The number of carbonyl (C=O) groups is 2. The van der Waals surface area contributed by atoms with Crippen molar-refractivity contribution in [1.82, 2.24) is 9.88 Å². The van der Waals surface area contributed by atoms with Gasteiger partial charge in [-0.25, -0.2) is 4.39 Å². The first-order chi connectivity index (χ1) is 13.5. The number of aromatic nitrogens is 1. The van der Waals surface area contributed by atoms with Crippen LogP contribution in [0.15, 0.2) is 60.7 Å². The van der Waals surface area contributed by atoms with E-state index in [9.17, 15) is 14.0 Å². The molecule has 0 radical (unpaired) electrons. The minimum atomic E-state index is -0.330. The SMILES string of the molecule is CC(=O)c1cc(-c2ccc(F)cc2)n(CC(=O)NCCc2ccccc2)c1C. The van der Waals surface area contributed by atoms with E-state index in [1.54, 1.807) is 18.2 Å². The Hall–Kier alpha value is -3.21. The number of hydrogen-bond donors (Lipinski definition) is 1. The number of amides is 1. The van der Waals surface area contributed by atoms with Gasteiger partial charge in [0, 0.05) is 23.5 Å². The van der Waals surface area contributed by atoms with Gasteiger partial charge in [0.1, 0.15) is 12.4 Å². The number of rotatable bonds is 7. The van der Waals surface area contributed by atoms with Gasteiger partial charge in [-0.15, -0.1) is 0 Å². The number of carbonyl (C=O) groups excluding carboxylic acids is 2. The first kappa shape index (κ1) is 19.5. The maximum absolute atomic E-state index is 13.3. The highest BCUT2D eigenvalue weighted by molar-refractivity contribution is 5.97. The number of benzene rings is 2. The molecule has 28 heavy (non-hydrogen) atoms. The molecule has 0 atom stereocenters. The molecular formula is C23H23FN2O2. The van der Waals surface area contributed by atoms with Crippen LogP contribution >= 0.6 is 0 Å². The lowest BCUT2D eigenvalue weighted by Gasteiger charge is -2.12. The normalized spacial score (nSPS) is 10.7. The third kappa shape index (κ3) is 4.55. The summed E-state index contributed by atoms with van der Waals surface area (Å²) < 4.78 is 15.1. The van der Waals surface area contributed by atoms with Gasteiger partial charge < -0.3 is 9.88 Å². The Kier molecular flexibility index (Phi) is 6.04.